The SMILES string of the molecule is CCCC[C](c1ccc(C)s1)=[Hf]([c]1c(C(C)(C)C)ccc2c1Cc1cc(C(C)(C)C)ccc1-2)[CH]1C=CC=C1. The molecule has 5 rings (SSSR count). The Morgan fingerprint density at radius 1 is 0.895 bits per heavy atom. The summed E-state index contributed by atoms with van der Waals surface area (Å²) in [5, 5.41) is 0. The number of aryl methyl sites for hydroxylation is 1. The van der Waals surface area contributed by atoms with Gasteiger partial charge in [0.15, 0.2) is 0 Å². The zero-order valence-electron chi connectivity index (χ0n) is 24.7. The molecule has 2 heteroatoms. The van der Waals surface area contributed by atoms with Gasteiger partial charge in [0.2, 0.25) is 0 Å². The van der Waals surface area contributed by atoms with Crippen molar-refractivity contribution < 1.29 is 21.0 Å². The fourth-order valence-electron chi connectivity index (χ4n) is 6.16. The molecular weight excluding hydrogens is 643 g/mol. The van der Waals surface area contributed by atoms with E-state index in [1.165, 1.54) is 46.4 Å². The normalized spacial score (nSPS) is 15.7. The molecule has 38 heavy (non-hydrogen) atoms. The van der Waals surface area contributed by atoms with Crippen LogP contribution in [0, 0.1) is 6.92 Å². The van der Waals surface area contributed by atoms with Gasteiger partial charge in [-0.25, -0.2) is 0 Å². The second kappa shape index (κ2) is 10.7. The molecule has 0 atom stereocenters. The predicted molar refractivity (Wildman–Crippen MR) is 166 cm³/mol. The summed E-state index contributed by atoms with van der Waals surface area (Å²) in [4.78, 5) is 3.02. The molecule has 0 unspecified atom stereocenters. The number of unbranched alkanes of at least 4 members (excludes halogenated alkanes) is 1. The summed E-state index contributed by atoms with van der Waals surface area (Å²) in [5.74, 6) is 0. The molecule has 2 aromatic carbocycles. The van der Waals surface area contributed by atoms with Crippen LogP contribution in [0.4, 0.5) is 0 Å². The molecule has 0 nitrogen and oxygen atoms in total. The Kier molecular flexibility index (Phi) is 7.88. The van der Waals surface area contributed by atoms with Crippen LogP contribution in [-0.4, -0.2) is 3.26 Å². The number of fused-ring (bicyclic) bond motifs is 3. The first kappa shape index (κ1) is 27.9. The van der Waals surface area contributed by atoms with Crippen LogP contribution in [-0.2, 0) is 38.2 Å². The molecule has 1 aromatic heterocycles. The van der Waals surface area contributed by atoms with Crippen molar-refractivity contribution >= 4 is 17.9 Å². The van der Waals surface area contributed by atoms with Crippen LogP contribution in [0.25, 0.3) is 11.1 Å². The third-order valence-electron chi connectivity index (χ3n) is 8.24. The topological polar surface area (TPSA) is 0 Å². The molecular formula is C36H44HfS. The number of hydrogen-bond donors (Lipinski definition) is 0. The Morgan fingerprint density at radius 2 is 1.61 bits per heavy atom. The van der Waals surface area contributed by atoms with Gasteiger partial charge in [0, 0.05) is 0 Å². The first-order valence-electron chi connectivity index (χ1n) is 14.4. The van der Waals surface area contributed by atoms with Crippen molar-refractivity contribution in [2.75, 3.05) is 0 Å². The second-order valence-corrected chi connectivity index (χ2v) is 23.9. The van der Waals surface area contributed by atoms with E-state index in [2.05, 4.69) is 122 Å². The molecule has 0 N–H and O–H groups in total. The standard InChI is InChI=1S/C21H25.C10H14S.C5H5.Hf/c1-20(2,3)16-7-9-18-14(12-16)11-15-13-17(21(4,5)6)8-10-19(15)18;1-3-4-5-6-10-8-7-9(2)11-10;1-2-4-5-3-1;/h7-10,12H,11H2,1-6H3;7-8H,3-5H2,1-2H3;1-5H;. The number of benzene rings is 2. The molecule has 0 amide bonds. The molecule has 0 saturated heterocycles. The van der Waals surface area contributed by atoms with Gasteiger partial charge in [0.25, 0.3) is 0 Å². The molecule has 198 valence electrons. The van der Waals surface area contributed by atoms with E-state index in [9.17, 15) is 0 Å². The Hall–Kier alpha value is -1.64. The zero-order chi connectivity index (χ0) is 27.2. The summed E-state index contributed by atoms with van der Waals surface area (Å²) < 4.78 is 4.27. The monoisotopic (exact) mass is 688 g/mol. The van der Waals surface area contributed by atoms with Crippen LogP contribution >= 0.6 is 11.3 Å². The van der Waals surface area contributed by atoms with Crippen molar-refractivity contribution in [2.45, 2.75) is 95.6 Å². The molecule has 2 aliphatic carbocycles. The van der Waals surface area contributed by atoms with Gasteiger partial charge < -0.3 is 0 Å². The van der Waals surface area contributed by atoms with E-state index in [-0.39, 0.29) is 10.8 Å². The quantitative estimate of drug-likeness (QED) is 0.177. The Morgan fingerprint density at radius 3 is 2.21 bits per heavy atom. The van der Waals surface area contributed by atoms with Gasteiger partial charge in [0.05, 0.1) is 0 Å². The van der Waals surface area contributed by atoms with Crippen LogP contribution in [0.5, 0.6) is 0 Å². The molecule has 0 spiro atoms. The summed E-state index contributed by atoms with van der Waals surface area (Å²) >= 11 is -0.627. The average Bonchev–Trinajstić information content (AvgIpc) is 3.59. The first-order chi connectivity index (χ1) is 18.0. The van der Waals surface area contributed by atoms with E-state index >= 15 is 0 Å². The van der Waals surface area contributed by atoms with Crippen molar-refractivity contribution in [3.63, 3.8) is 0 Å². The van der Waals surface area contributed by atoms with Gasteiger partial charge in [-0.1, -0.05) is 0 Å². The zero-order valence-corrected chi connectivity index (χ0v) is 29.1. The third kappa shape index (κ3) is 5.37. The van der Waals surface area contributed by atoms with Crippen molar-refractivity contribution in [2.24, 2.45) is 0 Å². The minimum atomic E-state index is -2.66. The average molecular weight is 687 g/mol. The van der Waals surface area contributed by atoms with Crippen LogP contribution in [0.2, 0.25) is 3.67 Å². The summed E-state index contributed by atoms with van der Waals surface area (Å²) in [7, 11) is 0. The number of allylic oxidation sites excluding steroid dienone is 4. The molecule has 1 heterocycles. The molecule has 3 aromatic rings. The third-order valence-corrected chi connectivity index (χ3v) is 21.9. The van der Waals surface area contributed by atoms with Crippen molar-refractivity contribution in [3.05, 3.63) is 98.8 Å². The van der Waals surface area contributed by atoms with Crippen LogP contribution in [0.3, 0.4) is 0 Å². The van der Waals surface area contributed by atoms with Crippen molar-refractivity contribution in [1.29, 1.82) is 0 Å². The molecule has 0 saturated carbocycles. The Bertz CT molecular complexity index is 1430. The summed E-state index contributed by atoms with van der Waals surface area (Å²) in [6, 6.07) is 17.1. The summed E-state index contributed by atoms with van der Waals surface area (Å²) in [5.41, 5.74) is 9.53. The van der Waals surface area contributed by atoms with Gasteiger partial charge in [-0.3, -0.25) is 0 Å². The van der Waals surface area contributed by atoms with Crippen LogP contribution in [0.15, 0.2) is 66.8 Å². The maximum absolute atomic E-state index is 2.66. The van der Waals surface area contributed by atoms with Gasteiger partial charge in [-0.15, -0.1) is 0 Å². The molecule has 0 bridgehead atoms. The van der Waals surface area contributed by atoms with Crippen molar-refractivity contribution in [1.82, 2.24) is 0 Å². The molecule has 0 aliphatic heterocycles. The van der Waals surface area contributed by atoms with E-state index < -0.39 is 21.0 Å². The molecule has 0 fully saturated rings. The van der Waals surface area contributed by atoms with Gasteiger partial charge >= 0.3 is 244 Å². The minimum absolute atomic E-state index is 0.124. The van der Waals surface area contributed by atoms with Crippen LogP contribution < -0.4 is 3.32 Å². The predicted octanol–water partition coefficient (Wildman–Crippen LogP) is 9.79. The first-order valence-corrected chi connectivity index (χ1v) is 20.9. The van der Waals surface area contributed by atoms with E-state index in [1.54, 1.807) is 16.0 Å². The second-order valence-electron chi connectivity index (χ2n) is 13.3. The molecule has 0 radical (unpaired) electrons. The molecule has 2 aliphatic rings. The van der Waals surface area contributed by atoms with E-state index in [0.717, 1.165) is 6.42 Å². The van der Waals surface area contributed by atoms with Gasteiger partial charge in [0.1, 0.15) is 0 Å². The number of rotatable bonds is 6. The van der Waals surface area contributed by atoms with Gasteiger partial charge in [-0.05, 0) is 0 Å². The number of thiophene rings is 1. The van der Waals surface area contributed by atoms with Crippen molar-refractivity contribution in [3.8, 4) is 11.1 Å². The van der Waals surface area contributed by atoms with E-state index in [4.69, 9.17) is 0 Å². The fourth-order valence-corrected chi connectivity index (χ4v) is 21.9. The fraction of sp³-hybridized carbons (Fsp3) is 0.417. The van der Waals surface area contributed by atoms with E-state index in [1.807, 2.05) is 17.9 Å². The summed E-state index contributed by atoms with van der Waals surface area (Å²) in [6.07, 6.45) is 14.6. The van der Waals surface area contributed by atoms with Crippen LogP contribution in [0.1, 0.15) is 99.7 Å². The van der Waals surface area contributed by atoms with Gasteiger partial charge in [-0.2, -0.15) is 0 Å². The Balaban J connectivity index is 1.82. The van der Waals surface area contributed by atoms with E-state index in [0.29, 0.717) is 3.67 Å². The Labute approximate surface area is 242 Å². The number of hydrogen-bond acceptors (Lipinski definition) is 1. The maximum atomic E-state index is 2.54. The summed E-state index contributed by atoms with van der Waals surface area (Å²) in [6.45, 7) is 18.9.